The zero-order valence-corrected chi connectivity index (χ0v) is 18.3. The van der Waals surface area contributed by atoms with Gasteiger partial charge in [0.25, 0.3) is 0 Å². The molecular weight excluding hydrogens is 377 g/mol. The molecule has 1 aromatic carbocycles. The van der Waals surface area contributed by atoms with E-state index in [1.54, 1.807) is 0 Å². The van der Waals surface area contributed by atoms with Gasteiger partial charge >= 0.3 is 0 Å². The van der Waals surface area contributed by atoms with Gasteiger partial charge in [-0.3, -0.25) is 4.98 Å². The third-order valence-corrected chi connectivity index (χ3v) is 5.34. The third-order valence-electron chi connectivity index (χ3n) is 4.60. The highest BCUT2D eigenvalue weighted by molar-refractivity contribution is 6.42. The fourth-order valence-electron chi connectivity index (χ4n) is 3.27. The summed E-state index contributed by atoms with van der Waals surface area (Å²) in [5.41, 5.74) is 5.87. The van der Waals surface area contributed by atoms with Crippen molar-refractivity contribution >= 4 is 29.3 Å². The minimum atomic E-state index is -0.0664. The molecule has 4 heteroatoms. The first-order valence-electron chi connectivity index (χ1n) is 9.61. The van der Waals surface area contributed by atoms with Crippen LogP contribution in [-0.4, -0.2) is 10.1 Å². The molecule has 27 heavy (non-hydrogen) atoms. The number of pyridine rings is 1. The molecule has 2 aromatic rings. The summed E-state index contributed by atoms with van der Waals surface area (Å²) in [4.78, 5) is 4.98. The summed E-state index contributed by atoms with van der Waals surface area (Å²) in [7, 11) is 0. The maximum Gasteiger partial charge on any atom is 0.0706 e. The Morgan fingerprint density at radius 2 is 1.70 bits per heavy atom. The van der Waals surface area contributed by atoms with Crippen molar-refractivity contribution in [3.05, 3.63) is 56.8 Å². The van der Waals surface area contributed by atoms with Crippen molar-refractivity contribution in [2.24, 2.45) is 0 Å². The summed E-state index contributed by atoms with van der Waals surface area (Å²) in [5.74, 6) is 0.470. The summed E-state index contributed by atoms with van der Waals surface area (Å²) < 4.78 is 0. The lowest BCUT2D eigenvalue weighted by molar-refractivity contribution is 0.280. The van der Waals surface area contributed by atoms with E-state index in [-0.39, 0.29) is 18.4 Å². The second-order valence-electron chi connectivity index (χ2n) is 7.44. The van der Waals surface area contributed by atoms with Crippen LogP contribution < -0.4 is 0 Å². The topological polar surface area (TPSA) is 33.1 Å². The number of halogens is 2. The highest BCUT2D eigenvalue weighted by atomic mass is 35.5. The lowest BCUT2D eigenvalue weighted by Gasteiger charge is -2.23. The van der Waals surface area contributed by atoms with Gasteiger partial charge in [0.2, 0.25) is 0 Å². The van der Waals surface area contributed by atoms with Gasteiger partial charge in [0.15, 0.2) is 0 Å². The summed E-state index contributed by atoms with van der Waals surface area (Å²) in [5, 5.41) is 11.3. The van der Waals surface area contributed by atoms with Crippen molar-refractivity contribution in [1.82, 2.24) is 4.98 Å². The van der Waals surface area contributed by atoms with Crippen molar-refractivity contribution in [3.63, 3.8) is 0 Å². The molecule has 0 unspecified atom stereocenters. The van der Waals surface area contributed by atoms with Crippen LogP contribution >= 0.6 is 23.2 Å². The number of hydrogen-bond donors (Lipinski definition) is 1. The van der Waals surface area contributed by atoms with Gasteiger partial charge in [-0.25, -0.2) is 0 Å². The molecule has 2 nitrogen and oxygen atoms in total. The monoisotopic (exact) mass is 405 g/mol. The average molecular weight is 406 g/mol. The molecule has 1 heterocycles. The molecule has 0 atom stereocenters. The van der Waals surface area contributed by atoms with Gasteiger partial charge in [-0.15, -0.1) is 0 Å². The molecule has 1 N–H and O–H groups in total. The van der Waals surface area contributed by atoms with Gasteiger partial charge < -0.3 is 5.11 Å². The second kappa shape index (κ2) is 9.73. The van der Waals surface area contributed by atoms with E-state index in [4.69, 9.17) is 28.2 Å². The van der Waals surface area contributed by atoms with Gasteiger partial charge in [0.1, 0.15) is 0 Å². The van der Waals surface area contributed by atoms with Gasteiger partial charge in [-0.2, -0.15) is 0 Å². The number of hydrogen-bond acceptors (Lipinski definition) is 2. The smallest absolute Gasteiger partial charge is 0.0706 e. The number of aliphatic hydroxyl groups is 1. The van der Waals surface area contributed by atoms with E-state index >= 15 is 0 Å². The number of aromatic nitrogens is 1. The van der Waals surface area contributed by atoms with Gasteiger partial charge in [0.05, 0.1) is 22.3 Å². The highest BCUT2D eigenvalue weighted by Crippen LogP contribution is 2.39. The van der Waals surface area contributed by atoms with E-state index in [9.17, 15) is 5.11 Å². The van der Waals surface area contributed by atoms with Crippen LogP contribution in [0.4, 0.5) is 0 Å². The fourth-order valence-corrected chi connectivity index (χ4v) is 3.57. The maximum absolute atomic E-state index is 10.2. The van der Waals surface area contributed by atoms with Crippen molar-refractivity contribution in [3.8, 4) is 11.1 Å². The Morgan fingerprint density at radius 3 is 2.22 bits per heavy atom. The molecule has 1 aromatic heterocycles. The van der Waals surface area contributed by atoms with E-state index in [1.165, 1.54) is 0 Å². The third kappa shape index (κ3) is 4.93. The van der Waals surface area contributed by atoms with E-state index < -0.39 is 0 Å². The van der Waals surface area contributed by atoms with Crippen LogP contribution in [0.1, 0.15) is 81.8 Å². The molecule has 0 amide bonds. The van der Waals surface area contributed by atoms with Crippen LogP contribution in [0, 0.1) is 0 Å². The van der Waals surface area contributed by atoms with E-state index in [2.05, 4.69) is 46.8 Å². The van der Waals surface area contributed by atoms with Gasteiger partial charge in [0, 0.05) is 16.8 Å². The Balaban J connectivity index is 2.91. The predicted octanol–water partition coefficient (Wildman–Crippen LogP) is 7.61. The quantitative estimate of drug-likeness (QED) is 0.513. The Hall–Kier alpha value is -1.35. The molecule has 0 aliphatic heterocycles. The SMILES string of the molecule is CCC/C=C/c1c(C(C)C)nc(C(C)C)c(CO)c1-c1ccc(Cl)c(Cl)c1. The lowest BCUT2D eigenvalue weighted by Crippen LogP contribution is -2.10. The van der Waals surface area contributed by atoms with E-state index in [0.717, 1.165) is 46.5 Å². The van der Waals surface area contributed by atoms with Crippen molar-refractivity contribution in [2.45, 2.75) is 65.9 Å². The average Bonchev–Trinajstić information content (AvgIpc) is 2.62. The number of benzene rings is 1. The van der Waals surface area contributed by atoms with Crippen molar-refractivity contribution < 1.29 is 5.11 Å². The normalized spacial score (nSPS) is 11.9. The minimum Gasteiger partial charge on any atom is -0.392 e. The van der Waals surface area contributed by atoms with E-state index in [0.29, 0.717) is 10.0 Å². The molecule has 0 saturated heterocycles. The summed E-state index contributed by atoms with van der Waals surface area (Å²) in [6, 6.07) is 5.66. The summed E-state index contributed by atoms with van der Waals surface area (Å²) >= 11 is 12.5. The first-order valence-corrected chi connectivity index (χ1v) is 10.4. The predicted molar refractivity (Wildman–Crippen MR) is 118 cm³/mol. The number of nitrogens with zero attached hydrogens (tertiary/aromatic N) is 1. The second-order valence-corrected chi connectivity index (χ2v) is 8.25. The van der Waals surface area contributed by atoms with Crippen LogP contribution in [0.5, 0.6) is 0 Å². The van der Waals surface area contributed by atoms with Gasteiger partial charge in [-0.05, 0) is 41.5 Å². The molecule has 0 spiro atoms. The maximum atomic E-state index is 10.2. The number of unbranched alkanes of at least 4 members (excludes halogenated alkanes) is 1. The molecule has 146 valence electrons. The summed E-state index contributed by atoms with van der Waals surface area (Å²) in [6.45, 7) is 10.6. The van der Waals surface area contributed by atoms with Crippen LogP contribution in [-0.2, 0) is 6.61 Å². The number of aliphatic hydroxyl groups excluding tert-OH is 1. The molecule has 0 bridgehead atoms. The molecule has 0 aliphatic carbocycles. The molecule has 0 aliphatic rings. The Kier molecular flexibility index (Phi) is 7.91. The standard InChI is InChI=1S/C23H29Cl2NO/c1-6-7-8-9-17-21(16-10-11-19(24)20(25)12-16)18(13-27)23(15(4)5)26-22(17)14(2)3/h8-12,14-15,27H,6-7,13H2,1-5H3/b9-8+. The van der Waals surface area contributed by atoms with Crippen molar-refractivity contribution in [1.29, 1.82) is 0 Å². The van der Waals surface area contributed by atoms with Crippen LogP contribution in [0.2, 0.25) is 10.0 Å². The largest absolute Gasteiger partial charge is 0.392 e. The zero-order chi connectivity index (χ0) is 20.1. The highest BCUT2D eigenvalue weighted by Gasteiger charge is 2.22. The lowest BCUT2D eigenvalue weighted by atomic mass is 9.87. The molecule has 0 saturated carbocycles. The molecule has 0 fully saturated rings. The number of allylic oxidation sites excluding steroid dienone is 1. The number of rotatable bonds is 7. The molecule has 0 radical (unpaired) electrons. The van der Waals surface area contributed by atoms with E-state index in [1.807, 2.05) is 18.2 Å². The van der Waals surface area contributed by atoms with Crippen LogP contribution in [0.3, 0.4) is 0 Å². The minimum absolute atomic E-state index is 0.0664. The summed E-state index contributed by atoms with van der Waals surface area (Å²) in [6.07, 6.45) is 6.41. The fraction of sp³-hybridized carbons (Fsp3) is 0.435. The zero-order valence-electron chi connectivity index (χ0n) is 16.8. The van der Waals surface area contributed by atoms with Gasteiger partial charge in [-0.1, -0.05) is 82.5 Å². The Labute approximate surface area is 173 Å². The molecular formula is C23H29Cl2NO. The Morgan fingerprint density at radius 1 is 1.04 bits per heavy atom. The van der Waals surface area contributed by atoms with Crippen LogP contribution in [0.15, 0.2) is 24.3 Å². The Bertz CT molecular complexity index is 826. The van der Waals surface area contributed by atoms with Crippen LogP contribution in [0.25, 0.3) is 17.2 Å². The first kappa shape index (κ1) is 21.9. The molecule has 2 rings (SSSR count). The first-order chi connectivity index (χ1) is 12.8. The van der Waals surface area contributed by atoms with Crippen molar-refractivity contribution in [2.75, 3.05) is 0 Å².